The lowest BCUT2D eigenvalue weighted by Crippen LogP contribution is -2.35. The maximum Gasteiger partial charge on any atom is 0.573 e. The van der Waals surface area contributed by atoms with Crippen molar-refractivity contribution in [1.29, 1.82) is 0 Å². The van der Waals surface area contributed by atoms with Crippen LogP contribution in [0.25, 0.3) is 0 Å². The SMILES string of the molecule is COCCCCN(Cc1ccccc1)C(=O)Nc1ccc(OC(F)(F)F)cc1. The normalized spacial score (nSPS) is 11.1. The van der Waals surface area contributed by atoms with E-state index in [0.717, 1.165) is 30.5 Å². The van der Waals surface area contributed by atoms with Gasteiger partial charge in [0.05, 0.1) is 0 Å². The van der Waals surface area contributed by atoms with E-state index >= 15 is 0 Å². The van der Waals surface area contributed by atoms with Crippen molar-refractivity contribution in [2.24, 2.45) is 0 Å². The Morgan fingerprint density at radius 3 is 2.32 bits per heavy atom. The monoisotopic (exact) mass is 396 g/mol. The van der Waals surface area contributed by atoms with Gasteiger partial charge >= 0.3 is 12.4 Å². The van der Waals surface area contributed by atoms with Gasteiger partial charge in [0.2, 0.25) is 0 Å². The number of alkyl halides is 3. The number of halogens is 3. The third-order valence-corrected chi connectivity index (χ3v) is 3.87. The van der Waals surface area contributed by atoms with Crippen LogP contribution in [0.1, 0.15) is 18.4 Å². The van der Waals surface area contributed by atoms with Gasteiger partial charge in [-0.15, -0.1) is 13.2 Å². The van der Waals surface area contributed by atoms with Gasteiger partial charge < -0.3 is 19.7 Å². The number of unbranched alkanes of at least 4 members (excludes halogenated alkanes) is 1. The van der Waals surface area contributed by atoms with E-state index in [1.807, 2.05) is 30.3 Å². The minimum atomic E-state index is -4.75. The smallest absolute Gasteiger partial charge is 0.406 e. The largest absolute Gasteiger partial charge is 0.573 e. The van der Waals surface area contributed by atoms with Gasteiger partial charge in [-0.05, 0) is 42.7 Å². The maximum atomic E-state index is 12.7. The molecular formula is C20H23F3N2O3. The minimum Gasteiger partial charge on any atom is -0.406 e. The molecular weight excluding hydrogens is 373 g/mol. The molecule has 2 amide bonds. The summed E-state index contributed by atoms with van der Waals surface area (Å²) >= 11 is 0. The zero-order valence-corrected chi connectivity index (χ0v) is 15.5. The van der Waals surface area contributed by atoms with Crippen molar-refractivity contribution in [2.75, 3.05) is 25.6 Å². The van der Waals surface area contributed by atoms with Crippen LogP contribution in [-0.2, 0) is 11.3 Å². The molecule has 0 aromatic heterocycles. The molecule has 2 aromatic rings. The minimum absolute atomic E-state index is 0.328. The first-order valence-electron chi connectivity index (χ1n) is 8.82. The van der Waals surface area contributed by atoms with Crippen LogP contribution >= 0.6 is 0 Å². The molecule has 2 aromatic carbocycles. The van der Waals surface area contributed by atoms with E-state index in [1.165, 1.54) is 12.1 Å². The molecule has 0 saturated carbocycles. The number of nitrogens with zero attached hydrogens (tertiary/aromatic N) is 1. The van der Waals surface area contributed by atoms with Crippen LogP contribution in [0.4, 0.5) is 23.7 Å². The molecule has 0 aliphatic rings. The molecule has 5 nitrogen and oxygen atoms in total. The summed E-state index contributed by atoms with van der Waals surface area (Å²) in [6, 6.07) is 14.3. The van der Waals surface area contributed by atoms with Crippen molar-refractivity contribution >= 4 is 11.7 Å². The molecule has 0 unspecified atom stereocenters. The number of hydrogen-bond acceptors (Lipinski definition) is 3. The highest BCUT2D eigenvalue weighted by Crippen LogP contribution is 2.24. The molecule has 2 rings (SSSR count). The van der Waals surface area contributed by atoms with Gasteiger partial charge in [-0.3, -0.25) is 0 Å². The van der Waals surface area contributed by atoms with E-state index in [4.69, 9.17) is 4.74 Å². The number of ether oxygens (including phenoxy) is 2. The summed E-state index contributed by atoms with van der Waals surface area (Å²) in [5, 5.41) is 2.71. The maximum absolute atomic E-state index is 12.7. The zero-order chi connectivity index (χ0) is 20.4. The number of carbonyl (C=O) groups is 1. The summed E-state index contributed by atoms with van der Waals surface area (Å²) in [7, 11) is 1.63. The predicted octanol–water partition coefficient (Wildman–Crippen LogP) is 5.05. The molecule has 1 N–H and O–H groups in total. The predicted molar refractivity (Wildman–Crippen MR) is 100 cm³/mol. The molecule has 0 atom stereocenters. The number of urea groups is 1. The van der Waals surface area contributed by atoms with E-state index in [0.29, 0.717) is 25.4 Å². The van der Waals surface area contributed by atoms with Crippen LogP contribution in [0.3, 0.4) is 0 Å². The van der Waals surface area contributed by atoms with Crippen LogP contribution in [-0.4, -0.2) is 37.6 Å². The van der Waals surface area contributed by atoms with Gasteiger partial charge in [-0.2, -0.15) is 0 Å². The van der Waals surface area contributed by atoms with Crippen molar-refractivity contribution in [2.45, 2.75) is 25.7 Å². The van der Waals surface area contributed by atoms with E-state index in [9.17, 15) is 18.0 Å². The molecule has 0 fully saturated rings. The third kappa shape index (κ3) is 7.87. The third-order valence-electron chi connectivity index (χ3n) is 3.87. The first kappa shape index (κ1) is 21.6. The quantitative estimate of drug-likeness (QED) is 0.604. The Bertz CT molecular complexity index is 722. The van der Waals surface area contributed by atoms with Crippen molar-refractivity contribution in [3.63, 3.8) is 0 Å². The van der Waals surface area contributed by atoms with Gasteiger partial charge in [0.25, 0.3) is 0 Å². The lowest BCUT2D eigenvalue weighted by atomic mass is 10.2. The van der Waals surface area contributed by atoms with E-state index < -0.39 is 6.36 Å². The standard InChI is InChI=1S/C20H23F3N2O3/c1-27-14-6-5-13-25(15-16-7-3-2-4-8-16)19(26)24-17-9-11-18(12-10-17)28-20(21,22)23/h2-4,7-12H,5-6,13-15H2,1H3,(H,24,26). The van der Waals surface area contributed by atoms with Crippen LogP contribution in [0.2, 0.25) is 0 Å². The first-order chi connectivity index (χ1) is 13.4. The summed E-state index contributed by atoms with van der Waals surface area (Å²) in [6.07, 6.45) is -3.16. The van der Waals surface area contributed by atoms with Crippen LogP contribution in [0.5, 0.6) is 5.75 Å². The summed E-state index contributed by atoms with van der Waals surface area (Å²) in [6.45, 7) is 1.57. The van der Waals surface area contributed by atoms with Crippen LogP contribution in [0, 0.1) is 0 Å². The fraction of sp³-hybridized carbons (Fsp3) is 0.350. The highest BCUT2D eigenvalue weighted by molar-refractivity contribution is 5.89. The van der Waals surface area contributed by atoms with E-state index in [2.05, 4.69) is 10.1 Å². The lowest BCUT2D eigenvalue weighted by Gasteiger charge is -2.23. The summed E-state index contributed by atoms with van der Waals surface area (Å²) < 4.78 is 45.6. The number of benzene rings is 2. The number of methoxy groups -OCH3 is 1. The van der Waals surface area contributed by atoms with Gasteiger partial charge in [0.1, 0.15) is 5.75 Å². The average Bonchev–Trinajstić information content (AvgIpc) is 2.65. The topological polar surface area (TPSA) is 50.8 Å². The fourth-order valence-corrected chi connectivity index (χ4v) is 2.55. The molecule has 0 saturated heterocycles. The molecule has 0 spiro atoms. The summed E-state index contributed by atoms with van der Waals surface area (Å²) in [5.74, 6) is -0.341. The lowest BCUT2D eigenvalue weighted by molar-refractivity contribution is -0.274. The summed E-state index contributed by atoms with van der Waals surface area (Å²) in [5.41, 5.74) is 1.37. The van der Waals surface area contributed by atoms with E-state index in [1.54, 1.807) is 12.0 Å². The van der Waals surface area contributed by atoms with Gasteiger partial charge in [-0.25, -0.2) is 4.79 Å². The first-order valence-corrected chi connectivity index (χ1v) is 8.82. The Kier molecular flexibility index (Phi) is 8.13. The van der Waals surface area contributed by atoms with Crippen molar-refractivity contribution in [1.82, 2.24) is 4.90 Å². The number of rotatable bonds is 9. The summed E-state index contributed by atoms with van der Waals surface area (Å²) in [4.78, 5) is 14.3. The van der Waals surface area contributed by atoms with Gasteiger partial charge in [-0.1, -0.05) is 30.3 Å². The number of carbonyl (C=O) groups excluding carboxylic acids is 1. The number of nitrogens with one attached hydrogen (secondary N) is 1. The Morgan fingerprint density at radius 2 is 1.71 bits per heavy atom. The molecule has 0 radical (unpaired) electrons. The molecule has 8 heteroatoms. The molecule has 152 valence electrons. The number of hydrogen-bond donors (Lipinski definition) is 1. The highest BCUT2D eigenvalue weighted by Gasteiger charge is 2.31. The molecule has 0 heterocycles. The Balaban J connectivity index is 1.99. The zero-order valence-electron chi connectivity index (χ0n) is 15.5. The molecule has 28 heavy (non-hydrogen) atoms. The molecule has 0 aliphatic carbocycles. The van der Waals surface area contributed by atoms with Crippen LogP contribution < -0.4 is 10.1 Å². The second kappa shape index (κ2) is 10.6. The number of anilines is 1. The Labute approximate surface area is 162 Å². The van der Waals surface area contributed by atoms with Crippen molar-refractivity contribution in [3.05, 3.63) is 60.2 Å². The number of amides is 2. The van der Waals surface area contributed by atoms with Crippen molar-refractivity contribution in [3.8, 4) is 5.75 Å². The molecule has 0 aliphatic heterocycles. The molecule has 0 bridgehead atoms. The highest BCUT2D eigenvalue weighted by atomic mass is 19.4. The second-order valence-electron chi connectivity index (χ2n) is 6.11. The van der Waals surface area contributed by atoms with Crippen molar-refractivity contribution < 1.29 is 27.4 Å². The van der Waals surface area contributed by atoms with E-state index in [-0.39, 0.29) is 11.8 Å². The fourth-order valence-electron chi connectivity index (χ4n) is 2.55. The van der Waals surface area contributed by atoms with Gasteiger partial charge in [0.15, 0.2) is 0 Å². The van der Waals surface area contributed by atoms with Crippen LogP contribution in [0.15, 0.2) is 54.6 Å². The van der Waals surface area contributed by atoms with Gasteiger partial charge in [0, 0.05) is 32.5 Å². The Morgan fingerprint density at radius 1 is 1.04 bits per heavy atom. The average molecular weight is 396 g/mol. The Hall–Kier alpha value is -2.74. The second-order valence-corrected chi connectivity index (χ2v) is 6.11.